The molecule has 3 heteroatoms. The summed E-state index contributed by atoms with van der Waals surface area (Å²) < 4.78 is 13.1. The lowest BCUT2D eigenvalue weighted by molar-refractivity contribution is 0.382. The minimum atomic E-state index is -0.176. The summed E-state index contributed by atoms with van der Waals surface area (Å²) in [6.07, 6.45) is 4.37. The highest BCUT2D eigenvalue weighted by Gasteiger charge is 2.22. The molecular weight excluding hydrogens is 215 g/mol. The Morgan fingerprint density at radius 1 is 1.35 bits per heavy atom. The molecule has 1 aliphatic heterocycles. The lowest BCUT2D eigenvalue weighted by Gasteiger charge is -2.27. The van der Waals surface area contributed by atoms with Gasteiger partial charge in [-0.3, -0.25) is 0 Å². The summed E-state index contributed by atoms with van der Waals surface area (Å²) in [6.45, 7) is 3.29. The van der Waals surface area contributed by atoms with Gasteiger partial charge in [0.2, 0.25) is 0 Å². The van der Waals surface area contributed by atoms with Crippen LogP contribution in [0.25, 0.3) is 10.9 Å². The van der Waals surface area contributed by atoms with E-state index in [4.69, 9.17) is 0 Å². The smallest absolute Gasteiger partial charge is 0.125 e. The largest absolute Gasteiger partial charge is 0.361 e. The molecule has 0 spiro atoms. The van der Waals surface area contributed by atoms with Crippen LogP contribution in [0.2, 0.25) is 0 Å². The first-order valence-corrected chi connectivity index (χ1v) is 6.24. The molecule has 0 aliphatic carbocycles. The number of fused-ring (bicyclic) bond motifs is 1. The van der Waals surface area contributed by atoms with Gasteiger partial charge in [-0.15, -0.1) is 0 Å². The molecule has 1 fully saturated rings. The first-order valence-electron chi connectivity index (χ1n) is 6.24. The number of aromatic amines is 1. The van der Waals surface area contributed by atoms with Gasteiger partial charge in [0.05, 0.1) is 0 Å². The highest BCUT2D eigenvalue weighted by atomic mass is 19.1. The van der Waals surface area contributed by atoms with Crippen molar-refractivity contribution in [1.82, 2.24) is 10.3 Å². The number of rotatable bonds is 1. The molecule has 0 bridgehead atoms. The second kappa shape index (κ2) is 4.15. The normalized spacial score (nSPS) is 25.3. The van der Waals surface area contributed by atoms with E-state index in [1.165, 1.54) is 10.9 Å². The number of aromatic nitrogens is 1. The Balaban J connectivity index is 1.99. The molecule has 0 radical (unpaired) electrons. The summed E-state index contributed by atoms with van der Waals surface area (Å²) in [4.78, 5) is 3.18. The zero-order chi connectivity index (χ0) is 11.8. The third-order valence-corrected chi connectivity index (χ3v) is 3.74. The lowest BCUT2D eigenvalue weighted by atomic mass is 9.87. The molecule has 1 aromatic heterocycles. The van der Waals surface area contributed by atoms with Crippen molar-refractivity contribution in [3.05, 3.63) is 35.8 Å². The molecule has 0 saturated carbocycles. The van der Waals surface area contributed by atoms with E-state index in [1.807, 2.05) is 12.3 Å². The number of halogens is 1. The maximum absolute atomic E-state index is 13.1. The SMILES string of the molecule is C[C@@H]1C[C@@H](c2c[nH]c3cc(F)ccc23)CCN1. The van der Waals surface area contributed by atoms with E-state index in [-0.39, 0.29) is 5.82 Å². The predicted molar refractivity (Wildman–Crippen MR) is 67.7 cm³/mol. The van der Waals surface area contributed by atoms with Crippen LogP contribution in [0, 0.1) is 5.82 Å². The van der Waals surface area contributed by atoms with Crippen molar-refractivity contribution in [2.75, 3.05) is 6.54 Å². The summed E-state index contributed by atoms with van der Waals surface area (Å²) in [7, 11) is 0. The van der Waals surface area contributed by atoms with Gasteiger partial charge in [0, 0.05) is 23.1 Å². The molecule has 2 aromatic rings. The third kappa shape index (κ3) is 1.95. The van der Waals surface area contributed by atoms with Crippen molar-refractivity contribution in [3.8, 4) is 0 Å². The van der Waals surface area contributed by atoms with Crippen LogP contribution in [-0.2, 0) is 0 Å². The van der Waals surface area contributed by atoms with Crippen molar-refractivity contribution in [1.29, 1.82) is 0 Å². The minimum absolute atomic E-state index is 0.176. The molecular formula is C14H17FN2. The Morgan fingerprint density at radius 2 is 2.24 bits per heavy atom. The number of hydrogen-bond donors (Lipinski definition) is 2. The molecule has 1 saturated heterocycles. The Kier molecular flexibility index (Phi) is 2.63. The second-order valence-corrected chi connectivity index (χ2v) is 5.01. The summed E-state index contributed by atoms with van der Waals surface area (Å²) in [5.41, 5.74) is 2.25. The molecule has 17 heavy (non-hydrogen) atoms. The van der Waals surface area contributed by atoms with Gasteiger partial charge in [0.1, 0.15) is 5.82 Å². The zero-order valence-electron chi connectivity index (χ0n) is 9.96. The third-order valence-electron chi connectivity index (χ3n) is 3.74. The molecule has 2 N–H and O–H groups in total. The van der Waals surface area contributed by atoms with E-state index in [9.17, 15) is 4.39 Å². The van der Waals surface area contributed by atoms with Crippen molar-refractivity contribution >= 4 is 10.9 Å². The van der Waals surface area contributed by atoms with Gasteiger partial charge in [0.25, 0.3) is 0 Å². The molecule has 90 valence electrons. The standard InChI is InChI=1S/C14H17FN2/c1-9-6-10(4-5-16-9)13-8-17-14-7-11(15)2-3-12(13)14/h2-3,7-10,16-17H,4-6H2,1H3/t9-,10+/m1/s1. The van der Waals surface area contributed by atoms with Gasteiger partial charge in [-0.05, 0) is 56.0 Å². The maximum atomic E-state index is 13.1. The average molecular weight is 232 g/mol. The minimum Gasteiger partial charge on any atom is -0.361 e. The van der Waals surface area contributed by atoms with E-state index in [0.29, 0.717) is 12.0 Å². The first-order chi connectivity index (χ1) is 8.24. The van der Waals surface area contributed by atoms with E-state index >= 15 is 0 Å². The molecule has 3 rings (SSSR count). The summed E-state index contributed by atoms with van der Waals surface area (Å²) >= 11 is 0. The van der Waals surface area contributed by atoms with Crippen LogP contribution in [0.4, 0.5) is 4.39 Å². The van der Waals surface area contributed by atoms with Gasteiger partial charge in [-0.25, -0.2) is 4.39 Å². The monoisotopic (exact) mass is 232 g/mol. The zero-order valence-corrected chi connectivity index (χ0v) is 9.96. The predicted octanol–water partition coefficient (Wildman–Crippen LogP) is 3.16. The van der Waals surface area contributed by atoms with Gasteiger partial charge in [-0.1, -0.05) is 0 Å². The highest BCUT2D eigenvalue weighted by molar-refractivity contribution is 5.83. The first kappa shape index (κ1) is 10.8. The molecule has 2 nitrogen and oxygen atoms in total. The topological polar surface area (TPSA) is 27.8 Å². The molecule has 2 heterocycles. The van der Waals surface area contributed by atoms with Gasteiger partial charge in [0.15, 0.2) is 0 Å². The fourth-order valence-electron chi connectivity index (χ4n) is 2.87. The van der Waals surface area contributed by atoms with Crippen molar-refractivity contribution in [2.45, 2.75) is 31.7 Å². The quantitative estimate of drug-likeness (QED) is 0.776. The highest BCUT2D eigenvalue weighted by Crippen LogP contribution is 2.33. The summed E-state index contributed by atoms with van der Waals surface area (Å²) in [6, 6.07) is 5.58. The number of piperidine rings is 1. The Bertz CT molecular complexity index is 532. The average Bonchev–Trinajstić information content (AvgIpc) is 2.71. The van der Waals surface area contributed by atoms with Crippen molar-refractivity contribution < 1.29 is 4.39 Å². The van der Waals surface area contributed by atoms with Crippen LogP contribution >= 0.6 is 0 Å². The van der Waals surface area contributed by atoms with Crippen molar-refractivity contribution in [2.24, 2.45) is 0 Å². The fraction of sp³-hybridized carbons (Fsp3) is 0.429. The summed E-state index contributed by atoms with van der Waals surface area (Å²) in [5, 5.41) is 4.63. The number of hydrogen-bond acceptors (Lipinski definition) is 1. The van der Waals surface area contributed by atoms with Crippen LogP contribution in [0.3, 0.4) is 0 Å². The summed E-state index contributed by atoms with van der Waals surface area (Å²) in [5.74, 6) is 0.412. The lowest BCUT2D eigenvalue weighted by Crippen LogP contribution is -2.34. The number of nitrogens with one attached hydrogen (secondary N) is 2. The fourth-order valence-corrected chi connectivity index (χ4v) is 2.87. The van der Waals surface area contributed by atoms with Crippen LogP contribution in [-0.4, -0.2) is 17.6 Å². The van der Waals surface area contributed by atoms with Crippen LogP contribution in [0.15, 0.2) is 24.4 Å². The molecule has 2 atom stereocenters. The van der Waals surface area contributed by atoms with Gasteiger partial charge < -0.3 is 10.3 Å². The maximum Gasteiger partial charge on any atom is 0.125 e. The Labute approximate surface area is 100 Å². The van der Waals surface area contributed by atoms with E-state index in [0.717, 1.165) is 24.9 Å². The molecule has 1 aromatic carbocycles. The van der Waals surface area contributed by atoms with Crippen molar-refractivity contribution in [3.63, 3.8) is 0 Å². The number of benzene rings is 1. The van der Waals surface area contributed by atoms with Gasteiger partial charge >= 0.3 is 0 Å². The van der Waals surface area contributed by atoms with E-state index < -0.39 is 0 Å². The van der Waals surface area contributed by atoms with Crippen LogP contribution < -0.4 is 5.32 Å². The molecule has 0 unspecified atom stereocenters. The Hall–Kier alpha value is -1.35. The Morgan fingerprint density at radius 3 is 3.06 bits per heavy atom. The van der Waals surface area contributed by atoms with E-state index in [1.54, 1.807) is 12.1 Å². The van der Waals surface area contributed by atoms with E-state index in [2.05, 4.69) is 17.2 Å². The van der Waals surface area contributed by atoms with Crippen LogP contribution in [0.5, 0.6) is 0 Å². The van der Waals surface area contributed by atoms with Crippen LogP contribution in [0.1, 0.15) is 31.2 Å². The second-order valence-electron chi connectivity index (χ2n) is 5.01. The molecule has 1 aliphatic rings. The van der Waals surface area contributed by atoms with Gasteiger partial charge in [-0.2, -0.15) is 0 Å². The molecule has 0 amide bonds. The number of H-pyrrole nitrogens is 1.